The molecular formula is C12H23ClN2O2S. The summed E-state index contributed by atoms with van der Waals surface area (Å²) in [4.78, 5) is 14.3. The fraction of sp³-hybridized carbons (Fsp3) is 0.917. The minimum absolute atomic E-state index is 0. The number of carbonyl (C=O) groups is 1. The summed E-state index contributed by atoms with van der Waals surface area (Å²) in [7, 11) is 0. The molecule has 0 radical (unpaired) electrons. The number of hydrogen-bond acceptors (Lipinski definition) is 4. The van der Waals surface area contributed by atoms with Crippen LogP contribution in [0.2, 0.25) is 0 Å². The summed E-state index contributed by atoms with van der Waals surface area (Å²) >= 11 is 1.98. The summed E-state index contributed by atoms with van der Waals surface area (Å²) in [5.41, 5.74) is 5.56. The summed E-state index contributed by atoms with van der Waals surface area (Å²) in [6.45, 7) is 4.46. The highest BCUT2D eigenvalue weighted by Gasteiger charge is 2.34. The molecule has 0 aromatic heterocycles. The monoisotopic (exact) mass is 294 g/mol. The summed E-state index contributed by atoms with van der Waals surface area (Å²) in [6, 6.07) is 0. The predicted molar refractivity (Wildman–Crippen MR) is 77.3 cm³/mol. The van der Waals surface area contributed by atoms with Crippen LogP contribution in [0, 0.1) is 0 Å². The van der Waals surface area contributed by atoms with Gasteiger partial charge in [-0.3, -0.25) is 4.79 Å². The lowest BCUT2D eigenvalue weighted by Crippen LogP contribution is -2.46. The van der Waals surface area contributed by atoms with Crippen LogP contribution in [-0.2, 0) is 9.53 Å². The van der Waals surface area contributed by atoms with Crippen molar-refractivity contribution < 1.29 is 9.53 Å². The molecule has 3 atom stereocenters. The van der Waals surface area contributed by atoms with Crippen LogP contribution in [0.1, 0.15) is 26.2 Å². The Balaban J connectivity index is 0.00000162. The smallest absolute Gasteiger partial charge is 0.251 e. The van der Waals surface area contributed by atoms with Crippen molar-refractivity contribution in [2.45, 2.75) is 43.6 Å². The van der Waals surface area contributed by atoms with Crippen molar-refractivity contribution in [1.82, 2.24) is 4.90 Å². The number of ether oxygens (including phenoxy) is 1. The number of halogens is 1. The van der Waals surface area contributed by atoms with Crippen LogP contribution in [0.15, 0.2) is 0 Å². The summed E-state index contributed by atoms with van der Waals surface area (Å²) < 4.78 is 5.67. The van der Waals surface area contributed by atoms with E-state index in [1.54, 1.807) is 0 Å². The molecule has 2 aliphatic rings. The molecule has 18 heavy (non-hydrogen) atoms. The SMILES string of the molecule is CCC1CN(C(=O)[C@@H]2CC[C@H](CN)O2)CCS1.Cl. The maximum atomic E-state index is 12.3. The largest absolute Gasteiger partial charge is 0.364 e. The van der Waals surface area contributed by atoms with Crippen LogP contribution in [-0.4, -0.2) is 53.7 Å². The molecule has 2 heterocycles. The average molecular weight is 295 g/mol. The summed E-state index contributed by atoms with van der Waals surface area (Å²) in [5.74, 6) is 1.23. The van der Waals surface area contributed by atoms with Crippen LogP contribution in [0.4, 0.5) is 0 Å². The van der Waals surface area contributed by atoms with Gasteiger partial charge in [0, 0.05) is 30.6 Å². The third-order valence-electron chi connectivity index (χ3n) is 3.55. The molecule has 0 bridgehead atoms. The van der Waals surface area contributed by atoms with Crippen molar-refractivity contribution >= 4 is 30.1 Å². The molecule has 0 saturated carbocycles. The van der Waals surface area contributed by atoms with Crippen LogP contribution < -0.4 is 5.73 Å². The third-order valence-corrected chi connectivity index (χ3v) is 4.92. The van der Waals surface area contributed by atoms with E-state index in [4.69, 9.17) is 10.5 Å². The van der Waals surface area contributed by atoms with Gasteiger partial charge in [-0.2, -0.15) is 11.8 Å². The van der Waals surface area contributed by atoms with Crippen molar-refractivity contribution in [2.24, 2.45) is 5.73 Å². The number of thioether (sulfide) groups is 1. The van der Waals surface area contributed by atoms with Gasteiger partial charge in [0.15, 0.2) is 0 Å². The van der Waals surface area contributed by atoms with Gasteiger partial charge in [0.2, 0.25) is 0 Å². The molecule has 2 aliphatic heterocycles. The van der Waals surface area contributed by atoms with E-state index in [9.17, 15) is 4.79 Å². The van der Waals surface area contributed by atoms with Crippen LogP contribution in [0.25, 0.3) is 0 Å². The molecule has 106 valence electrons. The molecule has 2 rings (SSSR count). The first kappa shape index (κ1) is 16.1. The van der Waals surface area contributed by atoms with E-state index >= 15 is 0 Å². The maximum absolute atomic E-state index is 12.3. The lowest BCUT2D eigenvalue weighted by Gasteiger charge is -2.33. The van der Waals surface area contributed by atoms with Gasteiger partial charge in [-0.1, -0.05) is 6.92 Å². The van der Waals surface area contributed by atoms with Crippen molar-refractivity contribution in [2.75, 3.05) is 25.4 Å². The first-order valence-corrected chi connectivity index (χ1v) is 7.55. The van der Waals surface area contributed by atoms with E-state index < -0.39 is 0 Å². The highest BCUT2D eigenvalue weighted by atomic mass is 35.5. The van der Waals surface area contributed by atoms with E-state index in [0.717, 1.165) is 38.1 Å². The van der Waals surface area contributed by atoms with Gasteiger partial charge in [-0.25, -0.2) is 0 Å². The van der Waals surface area contributed by atoms with Gasteiger partial charge < -0.3 is 15.4 Å². The van der Waals surface area contributed by atoms with Crippen LogP contribution >= 0.6 is 24.2 Å². The number of nitrogens with zero attached hydrogens (tertiary/aromatic N) is 1. The van der Waals surface area contributed by atoms with E-state index in [-0.39, 0.29) is 30.5 Å². The normalized spacial score (nSPS) is 32.1. The number of carbonyl (C=O) groups excluding carboxylic acids is 1. The summed E-state index contributed by atoms with van der Waals surface area (Å²) in [6.07, 6.45) is 2.74. The molecular weight excluding hydrogens is 272 g/mol. The second-order valence-corrected chi connectivity index (χ2v) is 6.15. The van der Waals surface area contributed by atoms with E-state index in [1.807, 2.05) is 16.7 Å². The van der Waals surface area contributed by atoms with Crippen LogP contribution in [0.3, 0.4) is 0 Å². The molecule has 1 unspecified atom stereocenters. The molecule has 2 saturated heterocycles. The molecule has 0 aliphatic carbocycles. The number of rotatable bonds is 3. The highest BCUT2D eigenvalue weighted by molar-refractivity contribution is 8.00. The second kappa shape index (κ2) is 7.58. The zero-order valence-corrected chi connectivity index (χ0v) is 12.5. The number of hydrogen-bond donors (Lipinski definition) is 1. The van der Waals surface area contributed by atoms with Gasteiger partial charge in [0.25, 0.3) is 5.91 Å². The minimum atomic E-state index is -0.232. The van der Waals surface area contributed by atoms with Crippen molar-refractivity contribution in [1.29, 1.82) is 0 Å². The first-order valence-electron chi connectivity index (χ1n) is 6.50. The van der Waals surface area contributed by atoms with E-state index in [1.165, 1.54) is 0 Å². The standard InChI is InChI=1S/C12H22N2O2S.ClH/c1-2-10-8-14(5-6-17-10)12(15)11-4-3-9(7-13)16-11;/h9-11H,2-8,13H2,1H3;1H/t9-,10?,11+;/m1./s1. The Labute approximate surface area is 119 Å². The molecule has 2 N–H and O–H groups in total. The first-order chi connectivity index (χ1) is 8.24. The van der Waals surface area contributed by atoms with Crippen molar-refractivity contribution in [3.05, 3.63) is 0 Å². The van der Waals surface area contributed by atoms with E-state index in [0.29, 0.717) is 11.8 Å². The van der Waals surface area contributed by atoms with Gasteiger partial charge in [-0.15, -0.1) is 12.4 Å². The van der Waals surface area contributed by atoms with Crippen LogP contribution in [0.5, 0.6) is 0 Å². The molecule has 2 fully saturated rings. The third kappa shape index (κ3) is 3.76. The Morgan fingerprint density at radius 1 is 1.50 bits per heavy atom. The number of amides is 1. The van der Waals surface area contributed by atoms with Gasteiger partial charge >= 0.3 is 0 Å². The zero-order valence-electron chi connectivity index (χ0n) is 10.8. The number of nitrogens with two attached hydrogens (primary N) is 1. The molecule has 6 heteroatoms. The fourth-order valence-electron chi connectivity index (χ4n) is 2.43. The highest BCUT2D eigenvalue weighted by Crippen LogP contribution is 2.25. The molecule has 0 aromatic carbocycles. The zero-order chi connectivity index (χ0) is 12.3. The van der Waals surface area contributed by atoms with Crippen molar-refractivity contribution in [3.63, 3.8) is 0 Å². The summed E-state index contributed by atoms with van der Waals surface area (Å²) in [5, 5.41) is 0.597. The maximum Gasteiger partial charge on any atom is 0.251 e. The van der Waals surface area contributed by atoms with Gasteiger partial charge in [0.05, 0.1) is 6.10 Å². The predicted octanol–water partition coefficient (Wildman–Crippen LogP) is 1.27. The average Bonchev–Trinajstić information content (AvgIpc) is 2.86. The van der Waals surface area contributed by atoms with Gasteiger partial charge in [0.1, 0.15) is 6.10 Å². The topological polar surface area (TPSA) is 55.6 Å². The molecule has 0 aromatic rings. The molecule has 4 nitrogen and oxygen atoms in total. The Morgan fingerprint density at radius 2 is 2.28 bits per heavy atom. The van der Waals surface area contributed by atoms with Gasteiger partial charge in [-0.05, 0) is 19.3 Å². The Kier molecular flexibility index (Phi) is 6.77. The lowest BCUT2D eigenvalue weighted by molar-refractivity contribution is -0.142. The molecule has 0 spiro atoms. The second-order valence-electron chi connectivity index (χ2n) is 4.75. The van der Waals surface area contributed by atoms with Crippen molar-refractivity contribution in [3.8, 4) is 0 Å². The Bertz CT molecular complexity index is 281. The Hall–Kier alpha value is 0.0300. The quantitative estimate of drug-likeness (QED) is 0.852. The lowest BCUT2D eigenvalue weighted by atomic mass is 10.1. The fourth-order valence-corrected chi connectivity index (χ4v) is 3.61. The Morgan fingerprint density at radius 3 is 2.89 bits per heavy atom. The molecule has 1 amide bonds. The minimum Gasteiger partial charge on any atom is -0.364 e. The van der Waals surface area contributed by atoms with E-state index in [2.05, 4.69) is 6.92 Å².